The maximum Gasteiger partial charge on any atom is 0.472 e. The van der Waals surface area contributed by atoms with Crippen LogP contribution in [-0.4, -0.2) is 110 Å². The molecule has 7 N–H and O–H groups in total. The molecule has 0 spiro atoms. The number of esters is 2. The van der Waals surface area contributed by atoms with Crippen LogP contribution in [0, 0.1) is 0 Å². The minimum absolute atomic E-state index is 0.0730. The number of phosphoric ester groups is 1. The largest absolute Gasteiger partial charge is 0.472 e. The van der Waals surface area contributed by atoms with Crippen LogP contribution in [0.15, 0.2) is 85.1 Å². The van der Waals surface area contributed by atoms with Gasteiger partial charge in [-0.1, -0.05) is 125 Å². The predicted molar refractivity (Wildman–Crippen MR) is 241 cm³/mol. The summed E-state index contributed by atoms with van der Waals surface area (Å²) in [6, 6.07) is 0. The monoisotopic (exact) mass is 897 g/mol. The first-order valence-electron chi connectivity index (χ1n) is 22.5. The third kappa shape index (κ3) is 28.6. The van der Waals surface area contributed by atoms with E-state index >= 15 is 0 Å². The molecule has 1 saturated carbocycles. The first kappa shape index (κ1) is 57.0. The summed E-state index contributed by atoms with van der Waals surface area (Å²) < 4.78 is 33.3. The molecule has 354 valence electrons. The third-order valence-corrected chi connectivity index (χ3v) is 10.8. The van der Waals surface area contributed by atoms with Gasteiger partial charge in [-0.05, 0) is 83.5 Å². The molecule has 0 bridgehead atoms. The molecule has 0 heterocycles. The summed E-state index contributed by atoms with van der Waals surface area (Å²) >= 11 is 0. The third-order valence-electron chi connectivity index (χ3n) is 9.81. The van der Waals surface area contributed by atoms with Crippen LogP contribution < -0.4 is 0 Å². The van der Waals surface area contributed by atoms with Crippen molar-refractivity contribution in [1.82, 2.24) is 0 Å². The average Bonchev–Trinajstić information content (AvgIpc) is 3.25. The molecule has 0 amide bonds. The number of hydrogen-bond donors (Lipinski definition) is 7. The van der Waals surface area contributed by atoms with Gasteiger partial charge in [0, 0.05) is 12.8 Å². The summed E-state index contributed by atoms with van der Waals surface area (Å²) in [4.78, 5) is 35.7. The molecule has 0 aromatic carbocycles. The number of carbonyl (C=O) groups is 2. The molecule has 1 aliphatic carbocycles. The highest BCUT2D eigenvalue weighted by Crippen LogP contribution is 2.47. The number of phosphoric acid groups is 1. The van der Waals surface area contributed by atoms with E-state index in [-0.39, 0.29) is 25.7 Å². The fraction of sp³-hybridized carbons (Fsp3) is 0.660. The Labute approximate surface area is 370 Å². The zero-order chi connectivity index (χ0) is 45.9. The van der Waals surface area contributed by atoms with Crippen LogP contribution in [0.5, 0.6) is 0 Å². The second kappa shape index (κ2) is 36.3. The first-order valence-corrected chi connectivity index (χ1v) is 24.0. The Bertz CT molecular complexity index is 1420. The Morgan fingerprint density at radius 3 is 1.58 bits per heavy atom. The fourth-order valence-electron chi connectivity index (χ4n) is 6.10. The summed E-state index contributed by atoms with van der Waals surface area (Å²) in [5, 5.41) is 60.4. The highest BCUT2D eigenvalue weighted by atomic mass is 31.2. The van der Waals surface area contributed by atoms with Crippen LogP contribution in [0.2, 0.25) is 0 Å². The standard InChI is InChI=1S/C47H77O14P/c1-3-5-7-9-11-13-15-17-18-20-22-24-26-28-30-34-40(49)58-36-39(37-59-62(56,57)61-47-45(54)43(52)42(51)44(53)46(47)55)60-41(50)35-31-33-38(48)32-29-27-25-23-21-19-16-14-12-10-8-6-4-2/h11-14,17-19,21-22,24-25,27,29,32,38-39,42-48,51-55H,3-10,15-16,20,23,26,28,30-31,33-37H2,1-2H3,(H,56,57)/b13-11-,14-12-,18-17-,21-19-,24-22-,27-25-,32-29+/t38-,39+,42?,43-,44+,45+,46+,47?/m0/s1. The van der Waals surface area contributed by atoms with Crippen molar-refractivity contribution in [2.75, 3.05) is 13.2 Å². The summed E-state index contributed by atoms with van der Waals surface area (Å²) in [5.41, 5.74) is 0. The van der Waals surface area contributed by atoms with E-state index in [2.05, 4.69) is 74.6 Å². The second-order valence-corrected chi connectivity index (χ2v) is 16.8. The van der Waals surface area contributed by atoms with Gasteiger partial charge in [0.2, 0.25) is 0 Å². The molecular formula is C47H77O14P. The van der Waals surface area contributed by atoms with E-state index in [0.717, 1.165) is 51.4 Å². The minimum Gasteiger partial charge on any atom is -0.462 e. The Morgan fingerprint density at radius 1 is 0.581 bits per heavy atom. The molecule has 0 aromatic heterocycles. The SMILES string of the molecule is CCCCC/C=C\C/C=C\C/C=C\C=C\[C@H](O)CCCC(=O)O[C@H](COC(=O)CCCC/C=C\C/C=C\C/C=C\CCCCC)COP(=O)(O)OC1[C@H](O)[C@H](O)C(O)[C@H](O)[C@H]1O. The van der Waals surface area contributed by atoms with E-state index in [1.54, 1.807) is 12.2 Å². The van der Waals surface area contributed by atoms with E-state index in [1.807, 2.05) is 12.2 Å². The number of aliphatic hydroxyl groups excluding tert-OH is 6. The van der Waals surface area contributed by atoms with E-state index in [4.69, 9.17) is 18.5 Å². The molecule has 0 radical (unpaired) electrons. The molecule has 1 aliphatic rings. The number of unbranched alkanes of at least 4 members (excludes halogenated alkanes) is 8. The van der Waals surface area contributed by atoms with Crippen LogP contribution in [0.4, 0.5) is 0 Å². The Morgan fingerprint density at radius 2 is 1.05 bits per heavy atom. The van der Waals surface area contributed by atoms with Crippen LogP contribution in [-0.2, 0) is 32.7 Å². The van der Waals surface area contributed by atoms with Crippen molar-refractivity contribution in [3.63, 3.8) is 0 Å². The van der Waals surface area contributed by atoms with Crippen molar-refractivity contribution in [1.29, 1.82) is 0 Å². The molecule has 9 atom stereocenters. The van der Waals surface area contributed by atoms with Gasteiger partial charge in [0.1, 0.15) is 43.2 Å². The zero-order valence-electron chi connectivity index (χ0n) is 37.0. The normalized spacial score (nSPS) is 23.2. The van der Waals surface area contributed by atoms with Gasteiger partial charge >= 0.3 is 19.8 Å². The number of rotatable bonds is 35. The molecule has 0 aromatic rings. The lowest BCUT2D eigenvalue weighted by molar-refractivity contribution is -0.220. The fourth-order valence-corrected chi connectivity index (χ4v) is 7.07. The lowest BCUT2D eigenvalue weighted by Crippen LogP contribution is -2.64. The Balaban J connectivity index is 2.61. The average molecular weight is 897 g/mol. The molecule has 1 rings (SSSR count). The summed E-state index contributed by atoms with van der Waals surface area (Å²) in [7, 11) is -5.19. The number of allylic oxidation sites excluding steroid dienone is 13. The lowest BCUT2D eigenvalue weighted by atomic mass is 9.85. The van der Waals surface area contributed by atoms with Crippen LogP contribution in [0.1, 0.15) is 136 Å². The second-order valence-electron chi connectivity index (χ2n) is 15.4. The number of hydrogen-bond acceptors (Lipinski definition) is 13. The smallest absolute Gasteiger partial charge is 0.462 e. The van der Waals surface area contributed by atoms with Gasteiger partial charge in [-0.25, -0.2) is 4.57 Å². The number of aliphatic hydroxyl groups is 6. The molecule has 14 nitrogen and oxygen atoms in total. The van der Waals surface area contributed by atoms with Gasteiger partial charge in [-0.15, -0.1) is 0 Å². The minimum atomic E-state index is -5.19. The Hall–Kier alpha value is -3.01. The molecule has 3 unspecified atom stereocenters. The van der Waals surface area contributed by atoms with E-state index in [0.29, 0.717) is 6.42 Å². The van der Waals surface area contributed by atoms with Crippen molar-refractivity contribution < 1.29 is 68.2 Å². The van der Waals surface area contributed by atoms with Gasteiger partial charge in [0.05, 0.1) is 12.7 Å². The van der Waals surface area contributed by atoms with Crippen molar-refractivity contribution in [2.45, 2.75) is 185 Å². The zero-order valence-corrected chi connectivity index (χ0v) is 37.9. The van der Waals surface area contributed by atoms with Gasteiger partial charge < -0.3 is 45.0 Å². The van der Waals surface area contributed by atoms with Crippen LogP contribution in [0.3, 0.4) is 0 Å². The molecular weight excluding hydrogens is 819 g/mol. The van der Waals surface area contributed by atoms with Crippen molar-refractivity contribution in [2.24, 2.45) is 0 Å². The van der Waals surface area contributed by atoms with Gasteiger partial charge in [-0.2, -0.15) is 0 Å². The van der Waals surface area contributed by atoms with E-state index < -0.39 is 81.8 Å². The first-order chi connectivity index (χ1) is 29.8. The van der Waals surface area contributed by atoms with Gasteiger partial charge in [0.25, 0.3) is 0 Å². The van der Waals surface area contributed by atoms with Gasteiger partial charge in [0.15, 0.2) is 6.10 Å². The van der Waals surface area contributed by atoms with Crippen molar-refractivity contribution in [3.05, 3.63) is 85.1 Å². The van der Waals surface area contributed by atoms with Crippen LogP contribution in [0.25, 0.3) is 0 Å². The predicted octanol–water partition coefficient (Wildman–Crippen LogP) is 7.47. The maximum absolute atomic E-state index is 12.8. The topological polar surface area (TPSA) is 230 Å². The number of carbonyl (C=O) groups excluding carboxylic acids is 2. The Kier molecular flexibility index (Phi) is 33.4. The molecule has 62 heavy (non-hydrogen) atoms. The van der Waals surface area contributed by atoms with Crippen molar-refractivity contribution in [3.8, 4) is 0 Å². The molecule has 15 heteroatoms. The van der Waals surface area contributed by atoms with E-state index in [9.17, 15) is 49.7 Å². The lowest BCUT2D eigenvalue weighted by Gasteiger charge is -2.41. The highest BCUT2D eigenvalue weighted by molar-refractivity contribution is 7.47. The quantitative estimate of drug-likeness (QED) is 0.0108. The molecule has 0 aliphatic heterocycles. The summed E-state index contributed by atoms with van der Waals surface area (Å²) in [6.45, 7) is 3.02. The summed E-state index contributed by atoms with van der Waals surface area (Å²) in [6.07, 6.45) is 29.4. The van der Waals surface area contributed by atoms with Crippen molar-refractivity contribution >= 4 is 19.8 Å². The van der Waals surface area contributed by atoms with Crippen LogP contribution >= 0.6 is 7.82 Å². The molecule has 1 fully saturated rings. The molecule has 0 saturated heterocycles. The number of ether oxygens (including phenoxy) is 2. The maximum atomic E-state index is 12.8. The van der Waals surface area contributed by atoms with E-state index in [1.165, 1.54) is 38.5 Å². The van der Waals surface area contributed by atoms with Gasteiger partial charge in [-0.3, -0.25) is 18.6 Å². The highest BCUT2D eigenvalue weighted by Gasteiger charge is 2.51. The summed E-state index contributed by atoms with van der Waals surface area (Å²) in [5.74, 6) is -1.36.